The smallest absolute Gasteiger partial charge is 0.195 e. The third-order valence-electron chi connectivity index (χ3n) is 3.36. The summed E-state index contributed by atoms with van der Waals surface area (Å²) >= 11 is 7.80. The highest BCUT2D eigenvalue weighted by Crippen LogP contribution is 2.27. The molecule has 0 aromatic carbocycles. The first-order valence-electron chi connectivity index (χ1n) is 6.96. The molecule has 0 aliphatic rings. The predicted molar refractivity (Wildman–Crippen MR) is 84.6 cm³/mol. The molecule has 0 radical (unpaired) electrons. The van der Waals surface area contributed by atoms with Gasteiger partial charge in [0, 0.05) is 24.2 Å². The number of unbranched alkanes of at least 4 members (excludes halogenated alkanes) is 2. The lowest BCUT2D eigenvalue weighted by Gasteiger charge is -2.27. The maximum absolute atomic E-state index is 6.14. The van der Waals surface area contributed by atoms with Gasteiger partial charge in [-0.25, -0.2) is 4.98 Å². The first-order chi connectivity index (χ1) is 9.19. The van der Waals surface area contributed by atoms with Crippen LogP contribution in [-0.4, -0.2) is 22.0 Å². The summed E-state index contributed by atoms with van der Waals surface area (Å²) in [6.07, 6.45) is 5.77. The molecule has 0 unspecified atom stereocenters. The summed E-state index contributed by atoms with van der Waals surface area (Å²) in [5.74, 6) is 1.57. The largest absolute Gasteiger partial charge is 0.353 e. The summed E-state index contributed by atoms with van der Waals surface area (Å²) in [6.45, 7) is 7.73. The number of fused-ring (bicyclic) bond motifs is 1. The second-order valence-corrected chi connectivity index (χ2v) is 6.21. The number of hydrogen-bond acceptors (Lipinski definition) is 3. The number of halogens is 1. The van der Waals surface area contributed by atoms with Gasteiger partial charge in [-0.3, -0.25) is 4.40 Å². The Morgan fingerprint density at radius 2 is 2.21 bits per heavy atom. The highest BCUT2D eigenvalue weighted by molar-refractivity contribution is 7.15. The number of alkyl halides is 1. The number of hydrogen-bond donors (Lipinski definition) is 0. The van der Waals surface area contributed by atoms with Gasteiger partial charge >= 0.3 is 0 Å². The van der Waals surface area contributed by atoms with Gasteiger partial charge < -0.3 is 4.90 Å². The van der Waals surface area contributed by atoms with E-state index in [9.17, 15) is 0 Å². The van der Waals surface area contributed by atoms with E-state index in [0.717, 1.165) is 23.0 Å². The Kier molecular flexibility index (Phi) is 5.11. The summed E-state index contributed by atoms with van der Waals surface area (Å²) in [7, 11) is 0. The number of imidazole rings is 1. The molecule has 2 aromatic rings. The third kappa shape index (κ3) is 3.06. The molecule has 0 bridgehead atoms. The molecule has 2 rings (SSSR count). The molecule has 0 N–H and O–H groups in total. The minimum Gasteiger partial charge on any atom is -0.353 e. The van der Waals surface area contributed by atoms with E-state index in [1.165, 1.54) is 19.3 Å². The molecule has 2 aromatic heterocycles. The molecule has 3 nitrogen and oxygen atoms in total. The van der Waals surface area contributed by atoms with Crippen LogP contribution in [0.5, 0.6) is 0 Å². The van der Waals surface area contributed by atoms with E-state index in [2.05, 4.69) is 41.6 Å². The van der Waals surface area contributed by atoms with E-state index < -0.39 is 0 Å². The van der Waals surface area contributed by atoms with E-state index in [1.54, 1.807) is 11.3 Å². The molecule has 5 heteroatoms. The normalized spacial score (nSPS) is 11.6. The van der Waals surface area contributed by atoms with E-state index in [0.29, 0.717) is 11.9 Å². The quantitative estimate of drug-likeness (QED) is 0.553. The highest BCUT2D eigenvalue weighted by Gasteiger charge is 2.20. The zero-order valence-corrected chi connectivity index (χ0v) is 13.5. The van der Waals surface area contributed by atoms with Crippen LogP contribution in [0.3, 0.4) is 0 Å². The fourth-order valence-corrected chi connectivity index (χ4v) is 3.29. The molecule has 0 aliphatic heterocycles. The maximum Gasteiger partial charge on any atom is 0.195 e. The standard InChI is InChI=1S/C14H22ClN3S/c1-4-5-6-7-17(11(2)3)13-12(10-15)18-8-9-19-14(18)16-13/h8-9,11H,4-7,10H2,1-3H3. The molecule has 2 heterocycles. The van der Waals surface area contributed by atoms with Crippen molar-refractivity contribution in [3.63, 3.8) is 0 Å². The molecule has 19 heavy (non-hydrogen) atoms. The van der Waals surface area contributed by atoms with E-state index in [1.807, 2.05) is 0 Å². The first-order valence-corrected chi connectivity index (χ1v) is 8.37. The van der Waals surface area contributed by atoms with Crippen molar-refractivity contribution in [2.75, 3.05) is 11.4 Å². The van der Waals surface area contributed by atoms with Gasteiger partial charge in [0.1, 0.15) is 0 Å². The van der Waals surface area contributed by atoms with Gasteiger partial charge in [0.05, 0.1) is 11.6 Å². The van der Waals surface area contributed by atoms with Gasteiger partial charge in [0.15, 0.2) is 10.8 Å². The van der Waals surface area contributed by atoms with Crippen LogP contribution in [-0.2, 0) is 5.88 Å². The second kappa shape index (κ2) is 6.62. The highest BCUT2D eigenvalue weighted by atomic mass is 35.5. The van der Waals surface area contributed by atoms with Crippen LogP contribution in [0.1, 0.15) is 45.7 Å². The monoisotopic (exact) mass is 299 g/mol. The summed E-state index contributed by atoms with van der Waals surface area (Å²) in [5.41, 5.74) is 1.11. The van der Waals surface area contributed by atoms with Crippen molar-refractivity contribution in [1.82, 2.24) is 9.38 Å². The van der Waals surface area contributed by atoms with Crippen LogP contribution in [0.15, 0.2) is 11.6 Å². The van der Waals surface area contributed by atoms with Crippen LogP contribution < -0.4 is 4.90 Å². The lowest BCUT2D eigenvalue weighted by Crippen LogP contribution is -2.32. The molecular formula is C14H22ClN3S. The van der Waals surface area contributed by atoms with Crippen LogP contribution >= 0.6 is 22.9 Å². The molecule has 0 amide bonds. The Morgan fingerprint density at radius 3 is 2.84 bits per heavy atom. The van der Waals surface area contributed by atoms with Crippen molar-refractivity contribution < 1.29 is 0 Å². The molecule has 0 fully saturated rings. The molecule has 0 saturated heterocycles. The Morgan fingerprint density at radius 1 is 1.42 bits per heavy atom. The average Bonchev–Trinajstić information content (AvgIpc) is 2.94. The van der Waals surface area contributed by atoms with E-state index in [-0.39, 0.29) is 0 Å². The Hall–Kier alpha value is -0.740. The fourth-order valence-electron chi connectivity index (χ4n) is 2.32. The Bertz CT molecular complexity index is 518. The number of rotatable bonds is 7. The number of nitrogens with zero attached hydrogens (tertiary/aromatic N) is 3. The number of thiazole rings is 1. The van der Waals surface area contributed by atoms with Crippen molar-refractivity contribution in [3.05, 3.63) is 17.3 Å². The van der Waals surface area contributed by atoms with Crippen molar-refractivity contribution in [3.8, 4) is 0 Å². The summed E-state index contributed by atoms with van der Waals surface area (Å²) < 4.78 is 2.11. The van der Waals surface area contributed by atoms with Crippen LogP contribution in [0.25, 0.3) is 4.96 Å². The fraction of sp³-hybridized carbons (Fsp3) is 0.643. The number of aromatic nitrogens is 2. The van der Waals surface area contributed by atoms with E-state index >= 15 is 0 Å². The zero-order valence-electron chi connectivity index (χ0n) is 11.9. The van der Waals surface area contributed by atoms with Crippen molar-refractivity contribution in [2.45, 2.75) is 52.0 Å². The summed E-state index contributed by atoms with van der Waals surface area (Å²) in [5, 5.41) is 2.05. The predicted octanol–water partition coefficient (Wildman–Crippen LogP) is 4.54. The maximum atomic E-state index is 6.14. The van der Waals surface area contributed by atoms with Crippen LogP contribution in [0.2, 0.25) is 0 Å². The van der Waals surface area contributed by atoms with Gasteiger partial charge in [-0.15, -0.1) is 22.9 Å². The van der Waals surface area contributed by atoms with Crippen molar-refractivity contribution >= 4 is 33.7 Å². The van der Waals surface area contributed by atoms with Gasteiger partial charge in [0.2, 0.25) is 0 Å². The zero-order chi connectivity index (χ0) is 13.8. The van der Waals surface area contributed by atoms with Crippen molar-refractivity contribution in [1.29, 1.82) is 0 Å². The van der Waals surface area contributed by atoms with Crippen molar-refractivity contribution in [2.24, 2.45) is 0 Å². The van der Waals surface area contributed by atoms with Crippen LogP contribution in [0.4, 0.5) is 5.82 Å². The molecular weight excluding hydrogens is 278 g/mol. The van der Waals surface area contributed by atoms with Gasteiger partial charge in [0.25, 0.3) is 0 Å². The SMILES string of the molecule is CCCCCN(c1nc2sccn2c1CCl)C(C)C. The van der Waals surface area contributed by atoms with Gasteiger partial charge in [-0.05, 0) is 20.3 Å². The summed E-state index contributed by atoms with van der Waals surface area (Å²) in [6, 6.07) is 0.448. The van der Waals surface area contributed by atoms with E-state index in [4.69, 9.17) is 16.6 Å². The number of anilines is 1. The molecule has 0 spiro atoms. The topological polar surface area (TPSA) is 20.5 Å². The Labute approximate surface area is 124 Å². The average molecular weight is 300 g/mol. The Balaban J connectivity index is 2.29. The second-order valence-electron chi connectivity index (χ2n) is 5.07. The lowest BCUT2D eigenvalue weighted by molar-refractivity contribution is 0.619. The first kappa shape index (κ1) is 14.7. The minimum absolute atomic E-state index is 0.448. The van der Waals surface area contributed by atoms with Gasteiger partial charge in [-0.1, -0.05) is 19.8 Å². The lowest BCUT2D eigenvalue weighted by atomic mass is 10.2. The molecule has 0 atom stereocenters. The minimum atomic E-state index is 0.448. The van der Waals surface area contributed by atoms with Crippen LogP contribution in [0, 0.1) is 0 Å². The summed E-state index contributed by atoms with van der Waals surface area (Å²) in [4.78, 5) is 8.18. The third-order valence-corrected chi connectivity index (χ3v) is 4.37. The molecule has 106 valence electrons. The van der Waals surface area contributed by atoms with Gasteiger partial charge in [-0.2, -0.15) is 0 Å². The molecule has 0 saturated carbocycles. The molecule has 0 aliphatic carbocycles.